The number of rotatable bonds is 27. The Hall–Kier alpha value is -8.44. The monoisotopic (exact) mass is 1040 g/mol. The first-order chi connectivity index (χ1) is 35.9. The lowest BCUT2D eigenvalue weighted by Crippen LogP contribution is -2.51. The summed E-state index contributed by atoms with van der Waals surface area (Å²) in [7, 11) is 0. The largest absolute Gasteiger partial charge is 0.480 e. The minimum absolute atomic E-state index is 0.0491. The fraction of sp³-hybridized carbons (Fsp3) is 0.451. The van der Waals surface area contributed by atoms with Gasteiger partial charge in [-0.15, -0.1) is 10.1 Å². The zero-order chi connectivity index (χ0) is 54.3. The van der Waals surface area contributed by atoms with E-state index in [9.17, 15) is 62.6 Å². The van der Waals surface area contributed by atoms with Gasteiger partial charge in [0.05, 0.1) is 12.8 Å². The summed E-state index contributed by atoms with van der Waals surface area (Å²) >= 11 is 0. The highest BCUT2D eigenvalue weighted by molar-refractivity contribution is 6.02. The maximum absolute atomic E-state index is 13.7. The lowest BCUT2D eigenvalue weighted by Gasteiger charge is -2.21. The number of aliphatic carboxylic acids is 1. The second-order valence-electron chi connectivity index (χ2n) is 18.0. The first-order valence-corrected chi connectivity index (χ1v) is 24.8. The summed E-state index contributed by atoms with van der Waals surface area (Å²) < 4.78 is 3.42. The Kier molecular flexibility index (Phi) is 19.4. The SMILES string of the molecule is CCN(Cc1cn(CC(=O)NCCCCC(NC(=O)Cn2cc(CN(CC)C(=O)CCC(=O)ON3C(=O)CCC3=O)c3ccccc32)C(=O)NC(C)C(=O)O)c2ccccc12)C(=O)CCC(=O)ON1C(=O)CCC1=O. The molecule has 24 heteroatoms. The van der Waals surface area contributed by atoms with Crippen molar-refractivity contribution in [3.05, 3.63) is 72.1 Å². The van der Waals surface area contributed by atoms with E-state index in [0.717, 1.165) is 21.9 Å². The number of nitrogens with one attached hydrogen (secondary N) is 3. The number of aromatic nitrogens is 2. The summed E-state index contributed by atoms with van der Waals surface area (Å²) in [6.45, 7) is 5.57. The van der Waals surface area contributed by atoms with Crippen molar-refractivity contribution in [1.29, 1.82) is 0 Å². The van der Waals surface area contributed by atoms with Gasteiger partial charge in [-0.2, -0.15) is 0 Å². The van der Waals surface area contributed by atoms with Gasteiger partial charge in [0.25, 0.3) is 23.6 Å². The van der Waals surface area contributed by atoms with Crippen molar-refractivity contribution < 1.29 is 72.3 Å². The minimum Gasteiger partial charge on any atom is -0.480 e. The van der Waals surface area contributed by atoms with Crippen LogP contribution in [0.1, 0.15) is 103 Å². The average molecular weight is 1040 g/mol. The molecule has 2 saturated heterocycles. The molecule has 2 unspecified atom stereocenters. The maximum Gasteiger partial charge on any atom is 0.333 e. The van der Waals surface area contributed by atoms with Crippen LogP contribution in [-0.4, -0.2) is 137 Å². The standard InChI is InChI=1S/C51H61N9O15/c1-4-55(42(63)21-23-48(69)74-59-44(65)17-18-45(59)66)26-33-28-57(38-15-8-6-12-35(33)38)30-40(61)52-25-11-10-14-37(50(71)53-32(3)51(72)73)54-41(62)31-58-29-34(36-13-7-9-16-39(36)58)27-56(5-2)43(64)22-24-49(70)75-60-46(67)19-20-47(60)68/h6-9,12-13,15-16,28-29,32,37H,4-5,10-11,14,17-27,30-31H2,1-3H3,(H,52,61)(H,53,71)(H,54,62)(H,72,73). The van der Waals surface area contributed by atoms with E-state index in [4.69, 9.17) is 9.68 Å². The molecule has 9 amide bonds. The molecule has 2 atom stereocenters. The normalized spacial score (nSPS) is 14.2. The number of carbonyl (C=O) groups is 12. The molecule has 2 aromatic carbocycles. The quantitative estimate of drug-likeness (QED) is 0.0491. The molecule has 0 spiro atoms. The van der Waals surface area contributed by atoms with E-state index in [-0.39, 0.29) is 115 Å². The van der Waals surface area contributed by atoms with Crippen molar-refractivity contribution >= 4 is 92.9 Å². The van der Waals surface area contributed by atoms with Crippen molar-refractivity contribution in [2.45, 2.75) is 130 Å². The molecular formula is C51H61N9O15. The van der Waals surface area contributed by atoms with Crippen LogP contribution in [0.5, 0.6) is 0 Å². The summed E-state index contributed by atoms with van der Waals surface area (Å²) in [4.78, 5) is 163. The third-order valence-electron chi connectivity index (χ3n) is 12.7. The summed E-state index contributed by atoms with van der Waals surface area (Å²) in [5.41, 5.74) is 2.83. The number of hydrogen-bond acceptors (Lipinski definition) is 14. The molecule has 2 aliphatic rings. The molecule has 4 aromatic rings. The third-order valence-corrected chi connectivity index (χ3v) is 12.7. The summed E-state index contributed by atoms with van der Waals surface area (Å²) in [6.07, 6.45) is 2.91. The van der Waals surface area contributed by atoms with Gasteiger partial charge < -0.3 is 49.7 Å². The van der Waals surface area contributed by atoms with E-state index in [0.29, 0.717) is 40.6 Å². The van der Waals surface area contributed by atoms with Gasteiger partial charge in [-0.3, -0.25) is 47.9 Å². The number of carboxylic acid groups (broad SMARTS) is 1. The van der Waals surface area contributed by atoms with Crippen molar-refractivity contribution in [1.82, 2.24) is 45.0 Å². The highest BCUT2D eigenvalue weighted by atomic mass is 16.7. The molecule has 0 radical (unpaired) electrons. The predicted molar refractivity (Wildman–Crippen MR) is 263 cm³/mol. The number of benzene rings is 2. The number of carbonyl (C=O) groups excluding carboxylic acids is 11. The molecule has 400 valence electrons. The maximum atomic E-state index is 13.7. The van der Waals surface area contributed by atoms with Crippen LogP contribution >= 0.6 is 0 Å². The zero-order valence-corrected chi connectivity index (χ0v) is 42.0. The molecule has 4 heterocycles. The van der Waals surface area contributed by atoms with Crippen molar-refractivity contribution in [3.8, 4) is 0 Å². The van der Waals surface area contributed by atoms with Crippen LogP contribution in [0.2, 0.25) is 0 Å². The number of hydroxylamine groups is 4. The smallest absolute Gasteiger partial charge is 0.333 e. The fourth-order valence-electron chi connectivity index (χ4n) is 8.62. The van der Waals surface area contributed by atoms with E-state index in [1.54, 1.807) is 53.6 Å². The number of carboxylic acids is 1. The van der Waals surface area contributed by atoms with Crippen molar-refractivity contribution in [2.75, 3.05) is 19.6 Å². The number of hydrogen-bond donors (Lipinski definition) is 4. The van der Waals surface area contributed by atoms with Crippen LogP contribution in [0.25, 0.3) is 21.8 Å². The van der Waals surface area contributed by atoms with E-state index in [1.165, 1.54) is 16.7 Å². The molecule has 2 aromatic heterocycles. The summed E-state index contributed by atoms with van der Waals surface area (Å²) in [5, 5.41) is 19.9. The lowest BCUT2D eigenvalue weighted by molar-refractivity contribution is -0.197. The van der Waals surface area contributed by atoms with Crippen LogP contribution in [0.4, 0.5) is 0 Å². The van der Waals surface area contributed by atoms with Gasteiger partial charge in [0, 0.05) is 105 Å². The number of fused-ring (bicyclic) bond motifs is 2. The number of imide groups is 2. The Morgan fingerprint density at radius 3 is 1.49 bits per heavy atom. The molecule has 4 N–H and O–H groups in total. The third kappa shape index (κ3) is 14.8. The van der Waals surface area contributed by atoms with E-state index in [1.807, 2.05) is 30.3 Å². The minimum atomic E-state index is -1.27. The van der Waals surface area contributed by atoms with Gasteiger partial charge in [0.2, 0.25) is 29.5 Å². The van der Waals surface area contributed by atoms with Crippen molar-refractivity contribution in [3.63, 3.8) is 0 Å². The average Bonchev–Trinajstić information content (AvgIpc) is 4.11. The lowest BCUT2D eigenvalue weighted by atomic mass is 10.1. The van der Waals surface area contributed by atoms with Gasteiger partial charge >= 0.3 is 17.9 Å². The Labute approximate surface area is 430 Å². The van der Waals surface area contributed by atoms with E-state index < -0.39 is 65.4 Å². The van der Waals surface area contributed by atoms with Crippen LogP contribution < -0.4 is 16.0 Å². The van der Waals surface area contributed by atoms with Crippen molar-refractivity contribution in [2.24, 2.45) is 0 Å². The molecule has 2 aliphatic heterocycles. The second-order valence-corrected chi connectivity index (χ2v) is 18.0. The molecule has 0 aliphatic carbocycles. The first kappa shape index (κ1) is 55.9. The molecule has 24 nitrogen and oxygen atoms in total. The van der Waals surface area contributed by atoms with Crippen LogP contribution in [0.3, 0.4) is 0 Å². The number of para-hydroxylation sites is 2. The van der Waals surface area contributed by atoms with Crippen LogP contribution in [0.15, 0.2) is 60.9 Å². The predicted octanol–water partition coefficient (Wildman–Crippen LogP) is 2.13. The second kappa shape index (κ2) is 26.0. The Morgan fingerprint density at radius 2 is 1.05 bits per heavy atom. The number of nitrogens with zero attached hydrogens (tertiary/aromatic N) is 6. The Balaban J connectivity index is 1.01. The van der Waals surface area contributed by atoms with E-state index in [2.05, 4.69) is 16.0 Å². The van der Waals surface area contributed by atoms with Crippen LogP contribution in [-0.2, 0) is 93.4 Å². The number of unbranched alkanes of at least 4 members (excludes halogenated alkanes) is 1. The van der Waals surface area contributed by atoms with Gasteiger partial charge in [-0.1, -0.05) is 36.4 Å². The van der Waals surface area contributed by atoms with Gasteiger partial charge in [0.1, 0.15) is 25.2 Å². The first-order valence-electron chi connectivity index (χ1n) is 24.8. The van der Waals surface area contributed by atoms with Gasteiger partial charge in [0.15, 0.2) is 0 Å². The number of amides is 9. The molecule has 6 rings (SSSR count). The molecule has 0 saturated carbocycles. The molecule has 75 heavy (non-hydrogen) atoms. The van der Waals surface area contributed by atoms with Gasteiger partial charge in [-0.25, -0.2) is 9.59 Å². The summed E-state index contributed by atoms with van der Waals surface area (Å²) in [6, 6.07) is 12.1. The topological polar surface area (TPSA) is 302 Å². The molecular weight excluding hydrogens is 979 g/mol. The Bertz CT molecular complexity index is 2840. The fourth-order valence-corrected chi connectivity index (χ4v) is 8.62. The van der Waals surface area contributed by atoms with E-state index >= 15 is 0 Å². The van der Waals surface area contributed by atoms with Crippen LogP contribution in [0, 0.1) is 0 Å². The zero-order valence-electron chi connectivity index (χ0n) is 42.0. The Morgan fingerprint density at radius 1 is 0.613 bits per heavy atom. The van der Waals surface area contributed by atoms with Gasteiger partial charge in [-0.05, 0) is 63.3 Å². The highest BCUT2D eigenvalue weighted by Gasteiger charge is 2.34. The molecule has 0 bridgehead atoms. The summed E-state index contributed by atoms with van der Waals surface area (Å²) in [5.74, 6) is -7.89. The highest BCUT2D eigenvalue weighted by Crippen LogP contribution is 2.25. The molecule has 2 fully saturated rings.